The van der Waals surface area contributed by atoms with Crippen molar-refractivity contribution in [2.24, 2.45) is 0 Å². The molecule has 152 valence electrons. The van der Waals surface area contributed by atoms with Crippen LogP contribution in [0.4, 0.5) is 10.1 Å². The molecule has 0 radical (unpaired) electrons. The summed E-state index contributed by atoms with van der Waals surface area (Å²) in [6.07, 6.45) is 4.81. The number of aromatic carboxylic acids is 1. The van der Waals surface area contributed by atoms with Crippen molar-refractivity contribution in [1.82, 2.24) is 9.03 Å². The van der Waals surface area contributed by atoms with Gasteiger partial charge in [-0.05, 0) is 50.7 Å². The van der Waals surface area contributed by atoms with E-state index in [1.807, 2.05) is 4.72 Å². The molecular weight excluding hydrogens is 389 g/mol. The van der Waals surface area contributed by atoms with E-state index in [9.17, 15) is 23.1 Å². The lowest BCUT2D eigenvalue weighted by Crippen LogP contribution is -2.43. The molecule has 8 nitrogen and oxygen atoms in total. The molecule has 0 atom stereocenters. The monoisotopic (exact) mass is 411 g/mol. The Kier molecular flexibility index (Phi) is 4.78. The molecule has 3 aliphatic heterocycles. The molecule has 3 aliphatic rings. The summed E-state index contributed by atoms with van der Waals surface area (Å²) in [5.41, 5.74) is -0.775. The number of carboxylic acid groups (broad SMARTS) is 1. The number of carboxylic acids is 1. The van der Waals surface area contributed by atoms with E-state index in [0.29, 0.717) is 13.1 Å². The van der Waals surface area contributed by atoms with Gasteiger partial charge in [-0.2, -0.15) is 12.7 Å². The number of anilines is 1. The third-order valence-corrected chi connectivity index (χ3v) is 7.42. The Balaban J connectivity index is 1.73. The van der Waals surface area contributed by atoms with E-state index in [1.165, 1.54) is 10.4 Å². The summed E-state index contributed by atoms with van der Waals surface area (Å²) < 4.78 is 43.2. The summed E-state index contributed by atoms with van der Waals surface area (Å²) in [4.78, 5) is 26.0. The molecule has 28 heavy (non-hydrogen) atoms. The van der Waals surface area contributed by atoms with Gasteiger partial charge >= 0.3 is 16.2 Å². The second kappa shape index (κ2) is 7.00. The van der Waals surface area contributed by atoms with Crippen molar-refractivity contribution in [3.8, 4) is 0 Å². The zero-order valence-electron chi connectivity index (χ0n) is 15.2. The first kappa shape index (κ1) is 19.1. The predicted octanol–water partition coefficient (Wildman–Crippen LogP) is 1.73. The number of fused-ring (bicyclic) bond motifs is 2. The molecule has 3 fully saturated rings. The van der Waals surface area contributed by atoms with Crippen LogP contribution in [0.2, 0.25) is 0 Å². The van der Waals surface area contributed by atoms with Crippen LogP contribution < -0.4 is 9.62 Å². The van der Waals surface area contributed by atoms with Crippen molar-refractivity contribution in [1.29, 1.82) is 0 Å². The highest BCUT2D eigenvalue weighted by molar-refractivity contribution is 7.87. The predicted molar refractivity (Wildman–Crippen MR) is 99.1 cm³/mol. The van der Waals surface area contributed by atoms with E-state index in [1.54, 1.807) is 4.90 Å². The molecule has 1 aromatic rings. The minimum Gasteiger partial charge on any atom is -0.478 e. The third-order valence-electron chi connectivity index (χ3n) is 5.93. The second-order valence-corrected chi connectivity index (χ2v) is 9.21. The molecule has 3 heterocycles. The molecule has 0 aromatic heterocycles. The van der Waals surface area contributed by atoms with E-state index in [4.69, 9.17) is 0 Å². The molecule has 10 heteroatoms. The molecule has 1 aromatic carbocycles. The van der Waals surface area contributed by atoms with Gasteiger partial charge in [-0.15, -0.1) is 0 Å². The molecule has 0 saturated carbocycles. The molecular formula is C18H22FN3O5S. The summed E-state index contributed by atoms with van der Waals surface area (Å²) in [6, 6.07) is 2.28. The highest BCUT2D eigenvalue weighted by Gasteiger charge is 2.43. The fourth-order valence-corrected chi connectivity index (χ4v) is 5.82. The van der Waals surface area contributed by atoms with Crippen LogP contribution in [-0.2, 0) is 10.2 Å². The summed E-state index contributed by atoms with van der Waals surface area (Å²) >= 11 is 0. The molecule has 2 N–H and O–H groups in total. The number of hydrogen-bond donors (Lipinski definition) is 2. The molecule has 0 aliphatic carbocycles. The van der Waals surface area contributed by atoms with Gasteiger partial charge in [-0.3, -0.25) is 4.79 Å². The van der Waals surface area contributed by atoms with Crippen molar-refractivity contribution >= 4 is 27.8 Å². The van der Waals surface area contributed by atoms with Gasteiger partial charge < -0.3 is 10.0 Å². The Bertz CT molecular complexity index is 909. The lowest BCUT2D eigenvalue weighted by molar-refractivity contribution is 0.0691. The average molecular weight is 411 g/mol. The van der Waals surface area contributed by atoms with Gasteiger partial charge in [0.2, 0.25) is 0 Å². The number of halogens is 1. The molecule has 1 amide bonds. The summed E-state index contributed by atoms with van der Waals surface area (Å²) in [5, 5.41) is 9.28. The SMILES string of the molecule is O=C(O)c1ccc(C(=O)NS(=O)(=O)N2CCCC2)c(N2C3CCC2CC3)c1F. The van der Waals surface area contributed by atoms with Crippen molar-refractivity contribution in [2.75, 3.05) is 18.0 Å². The maximum atomic E-state index is 15.1. The number of carbonyl (C=O) groups excluding carboxylic acids is 1. The van der Waals surface area contributed by atoms with Gasteiger partial charge in [-0.1, -0.05) is 0 Å². The number of amides is 1. The minimum atomic E-state index is -4.02. The van der Waals surface area contributed by atoms with Crippen LogP contribution in [0.3, 0.4) is 0 Å². The van der Waals surface area contributed by atoms with Gasteiger partial charge in [0, 0.05) is 25.2 Å². The highest BCUT2D eigenvalue weighted by atomic mass is 32.2. The Hall–Kier alpha value is -2.20. The number of rotatable bonds is 5. The zero-order valence-corrected chi connectivity index (χ0v) is 16.0. The topological polar surface area (TPSA) is 107 Å². The van der Waals surface area contributed by atoms with Gasteiger partial charge in [0.1, 0.15) is 0 Å². The van der Waals surface area contributed by atoms with Crippen molar-refractivity contribution in [3.63, 3.8) is 0 Å². The minimum absolute atomic E-state index is 0.0327. The number of carbonyl (C=O) groups is 2. The van der Waals surface area contributed by atoms with Crippen LogP contribution in [-0.4, -0.2) is 54.9 Å². The first-order chi connectivity index (χ1) is 13.3. The zero-order chi connectivity index (χ0) is 20.1. The van der Waals surface area contributed by atoms with Gasteiger partial charge in [0.25, 0.3) is 5.91 Å². The maximum absolute atomic E-state index is 15.1. The van der Waals surface area contributed by atoms with Crippen LogP contribution in [0.5, 0.6) is 0 Å². The van der Waals surface area contributed by atoms with Crippen LogP contribution in [0.1, 0.15) is 59.2 Å². The number of nitrogens with zero attached hydrogens (tertiary/aromatic N) is 2. The van der Waals surface area contributed by atoms with Gasteiger partial charge in [0.05, 0.1) is 16.8 Å². The molecule has 4 rings (SSSR count). The molecule has 2 bridgehead atoms. The second-order valence-electron chi connectivity index (χ2n) is 7.54. The van der Waals surface area contributed by atoms with Crippen LogP contribution in [0.15, 0.2) is 12.1 Å². The van der Waals surface area contributed by atoms with Crippen LogP contribution in [0.25, 0.3) is 0 Å². The normalized spacial score (nSPS) is 24.7. The van der Waals surface area contributed by atoms with E-state index in [0.717, 1.165) is 44.6 Å². The van der Waals surface area contributed by atoms with E-state index < -0.39 is 33.5 Å². The highest BCUT2D eigenvalue weighted by Crippen LogP contribution is 2.44. The molecule has 0 spiro atoms. The van der Waals surface area contributed by atoms with Crippen molar-refractivity contribution in [3.05, 3.63) is 29.1 Å². The van der Waals surface area contributed by atoms with Gasteiger partial charge in [-0.25, -0.2) is 13.9 Å². The van der Waals surface area contributed by atoms with E-state index in [2.05, 4.69) is 0 Å². The van der Waals surface area contributed by atoms with Crippen LogP contribution in [0, 0.1) is 5.82 Å². The lowest BCUT2D eigenvalue weighted by Gasteiger charge is -2.28. The van der Waals surface area contributed by atoms with Gasteiger partial charge in [0.15, 0.2) is 5.82 Å². The first-order valence-electron chi connectivity index (χ1n) is 9.46. The summed E-state index contributed by atoms with van der Waals surface area (Å²) in [5.74, 6) is -3.36. The number of benzene rings is 1. The largest absolute Gasteiger partial charge is 0.478 e. The smallest absolute Gasteiger partial charge is 0.338 e. The standard InChI is InChI=1S/C18H22FN3O5S/c19-15-13(18(24)25)7-8-14(16(15)22-11-3-4-12(22)6-5-11)17(23)20-28(26,27)21-9-1-2-10-21/h7-8,11-12H,1-6,9-10H2,(H,20,23)(H,24,25). The van der Waals surface area contributed by atoms with E-state index in [-0.39, 0.29) is 23.3 Å². The van der Waals surface area contributed by atoms with E-state index >= 15 is 4.39 Å². The first-order valence-corrected chi connectivity index (χ1v) is 10.9. The lowest BCUT2D eigenvalue weighted by atomic mass is 10.0. The maximum Gasteiger partial charge on any atom is 0.338 e. The third kappa shape index (κ3) is 3.14. The fourth-order valence-electron chi connectivity index (χ4n) is 4.61. The number of nitrogens with one attached hydrogen (secondary N) is 1. The summed E-state index contributed by atoms with van der Waals surface area (Å²) in [7, 11) is -4.02. The van der Waals surface area contributed by atoms with Crippen LogP contribution >= 0.6 is 0 Å². The summed E-state index contributed by atoms with van der Waals surface area (Å²) in [6.45, 7) is 0.663. The Morgan fingerprint density at radius 3 is 2.11 bits per heavy atom. The molecule has 0 unspecified atom stereocenters. The Morgan fingerprint density at radius 1 is 1.04 bits per heavy atom. The molecule has 3 saturated heterocycles. The number of hydrogen-bond acceptors (Lipinski definition) is 5. The average Bonchev–Trinajstić information content (AvgIpc) is 3.38. The Morgan fingerprint density at radius 2 is 1.57 bits per heavy atom. The fraction of sp³-hybridized carbons (Fsp3) is 0.556. The Labute approximate surface area is 162 Å². The quantitative estimate of drug-likeness (QED) is 0.764. The van der Waals surface area contributed by atoms with Crippen molar-refractivity contribution < 1.29 is 27.5 Å². The van der Waals surface area contributed by atoms with Crippen molar-refractivity contribution in [2.45, 2.75) is 50.6 Å².